The molecule has 5 heteroatoms. The fourth-order valence-electron chi connectivity index (χ4n) is 2.51. The van der Waals surface area contributed by atoms with Crippen molar-refractivity contribution in [2.45, 2.75) is 0 Å². The smallest absolute Gasteiger partial charge is 0.339 e. The average molecular weight is 332 g/mol. The van der Waals surface area contributed by atoms with E-state index >= 15 is 0 Å². The van der Waals surface area contributed by atoms with Crippen molar-refractivity contribution >= 4 is 34.4 Å². The molecule has 3 aromatic carbocycles. The van der Waals surface area contributed by atoms with Gasteiger partial charge in [-0.15, -0.1) is 0 Å². The molecule has 0 bridgehead atoms. The summed E-state index contributed by atoms with van der Waals surface area (Å²) in [7, 11) is 3.98. The predicted octanol–water partition coefficient (Wildman–Crippen LogP) is 4.06. The molecule has 0 aliphatic heterocycles. The Labute approximate surface area is 147 Å². The first-order chi connectivity index (χ1) is 12.1. The highest BCUT2D eigenvalue weighted by molar-refractivity contribution is 6.01. The van der Waals surface area contributed by atoms with E-state index in [9.17, 15) is 4.79 Å². The monoisotopic (exact) mass is 332 g/mol. The zero-order valence-corrected chi connectivity index (χ0v) is 14.2. The van der Waals surface area contributed by atoms with Crippen LogP contribution in [0.5, 0.6) is 0 Å². The molecule has 3 rings (SSSR count). The van der Waals surface area contributed by atoms with Crippen molar-refractivity contribution < 1.29 is 4.79 Å². The average Bonchev–Trinajstić information content (AvgIpc) is 2.62. The topological polar surface area (TPSA) is 56.7 Å². The molecular formula is C20H20N4O. The lowest BCUT2D eigenvalue weighted by atomic mass is 10.1. The van der Waals surface area contributed by atoms with Gasteiger partial charge in [-0.2, -0.15) is 5.10 Å². The molecule has 3 aromatic rings. The number of fused-ring (bicyclic) bond motifs is 1. The van der Waals surface area contributed by atoms with E-state index in [0.29, 0.717) is 0 Å². The zero-order chi connectivity index (χ0) is 17.6. The third-order valence-corrected chi connectivity index (χ3v) is 3.83. The molecule has 0 saturated carbocycles. The lowest BCUT2D eigenvalue weighted by Gasteiger charge is -2.11. The number of hydrogen-bond donors (Lipinski definition) is 2. The number of hydrazone groups is 1. The molecule has 0 aliphatic rings. The molecule has 0 heterocycles. The van der Waals surface area contributed by atoms with Crippen LogP contribution in [-0.4, -0.2) is 26.3 Å². The number of benzene rings is 3. The molecule has 0 radical (unpaired) electrons. The normalized spacial score (nSPS) is 10.8. The fourth-order valence-corrected chi connectivity index (χ4v) is 2.51. The lowest BCUT2D eigenvalue weighted by Crippen LogP contribution is -2.24. The van der Waals surface area contributed by atoms with Crippen molar-refractivity contribution in [1.29, 1.82) is 0 Å². The zero-order valence-electron chi connectivity index (χ0n) is 14.2. The van der Waals surface area contributed by atoms with E-state index in [1.54, 1.807) is 6.21 Å². The van der Waals surface area contributed by atoms with Crippen LogP contribution in [-0.2, 0) is 0 Å². The van der Waals surface area contributed by atoms with Crippen LogP contribution < -0.4 is 15.6 Å². The Kier molecular flexibility index (Phi) is 4.95. The molecule has 0 fully saturated rings. The molecule has 126 valence electrons. The van der Waals surface area contributed by atoms with E-state index in [4.69, 9.17) is 0 Å². The van der Waals surface area contributed by atoms with E-state index in [1.165, 1.54) is 0 Å². The Morgan fingerprint density at radius 2 is 1.68 bits per heavy atom. The van der Waals surface area contributed by atoms with Gasteiger partial charge in [0.2, 0.25) is 0 Å². The summed E-state index contributed by atoms with van der Waals surface area (Å²) in [5.74, 6) is 0. The van der Waals surface area contributed by atoms with E-state index in [2.05, 4.69) is 15.8 Å². The second-order valence-electron chi connectivity index (χ2n) is 5.84. The minimum absolute atomic E-state index is 0.377. The molecule has 0 unspecified atom stereocenters. The van der Waals surface area contributed by atoms with Crippen molar-refractivity contribution in [2.75, 3.05) is 24.3 Å². The number of anilines is 2. The molecular weight excluding hydrogens is 312 g/mol. The van der Waals surface area contributed by atoms with E-state index in [1.807, 2.05) is 85.7 Å². The first-order valence-electron chi connectivity index (χ1n) is 7.99. The van der Waals surface area contributed by atoms with Gasteiger partial charge in [-0.05, 0) is 29.1 Å². The van der Waals surface area contributed by atoms with Gasteiger partial charge in [-0.1, -0.05) is 48.5 Å². The van der Waals surface area contributed by atoms with Crippen LogP contribution in [0.25, 0.3) is 10.8 Å². The van der Waals surface area contributed by atoms with E-state index < -0.39 is 0 Å². The third-order valence-electron chi connectivity index (χ3n) is 3.83. The molecule has 25 heavy (non-hydrogen) atoms. The van der Waals surface area contributed by atoms with Crippen LogP contribution in [0, 0.1) is 0 Å². The van der Waals surface area contributed by atoms with Crippen LogP contribution in [0.3, 0.4) is 0 Å². The first-order valence-corrected chi connectivity index (χ1v) is 7.99. The highest BCUT2D eigenvalue weighted by Gasteiger charge is 2.04. The predicted molar refractivity (Wildman–Crippen MR) is 104 cm³/mol. The minimum Gasteiger partial charge on any atom is -0.378 e. The van der Waals surface area contributed by atoms with E-state index in [0.717, 1.165) is 27.7 Å². The van der Waals surface area contributed by atoms with Gasteiger partial charge in [-0.25, -0.2) is 10.2 Å². The fraction of sp³-hybridized carbons (Fsp3) is 0.100. The molecule has 2 N–H and O–H groups in total. The summed E-state index contributed by atoms with van der Waals surface area (Å²) in [5, 5.41) is 8.88. The first kappa shape index (κ1) is 16.5. The SMILES string of the molecule is CN(C)c1ccc(/C=N/NC(=O)Nc2cccc3ccccc23)cc1. The maximum absolute atomic E-state index is 12.0. The summed E-state index contributed by atoms with van der Waals surface area (Å²) >= 11 is 0. The molecule has 0 aliphatic carbocycles. The number of nitrogens with one attached hydrogen (secondary N) is 2. The number of nitrogens with zero attached hydrogens (tertiary/aromatic N) is 2. The highest BCUT2D eigenvalue weighted by atomic mass is 16.2. The molecule has 5 nitrogen and oxygen atoms in total. The summed E-state index contributed by atoms with van der Waals surface area (Å²) in [6, 6.07) is 21.2. The summed E-state index contributed by atoms with van der Waals surface area (Å²) in [5.41, 5.74) is 5.26. The molecule has 0 spiro atoms. The van der Waals surface area contributed by atoms with Crippen molar-refractivity contribution in [3.05, 3.63) is 72.3 Å². The van der Waals surface area contributed by atoms with Crippen LogP contribution in [0.2, 0.25) is 0 Å². The van der Waals surface area contributed by atoms with Crippen molar-refractivity contribution in [3.63, 3.8) is 0 Å². The maximum atomic E-state index is 12.0. The van der Waals surface area contributed by atoms with Crippen molar-refractivity contribution in [3.8, 4) is 0 Å². The molecule has 2 amide bonds. The number of amides is 2. The van der Waals surface area contributed by atoms with Crippen LogP contribution in [0.4, 0.5) is 16.2 Å². The second kappa shape index (κ2) is 7.49. The number of urea groups is 1. The Bertz CT molecular complexity index is 896. The van der Waals surface area contributed by atoms with Gasteiger partial charge in [0.1, 0.15) is 0 Å². The summed E-state index contributed by atoms with van der Waals surface area (Å²) in [6.07, 6.45) is 1.61. The van der Waals surface area contributed by atoms with Crippen LogP contribution in [0.15, 0.2) is 71.8 Å². The largest absolute Gasteiger partial charge is 0.378 e. The number of carbonyl (C=O) groups is 1. The highest BCUT2D eigenvalue weighted by Crippen LogP contribution is 2.22. The maximum Gasteiger partial charge on any atom is 0.339 e. The van der Waals surface area contributed by atoms with Crippen LogP contribution >= 0.6 is 0 Å². The molecule has 0 aromatic heterocycles. The summed E-state index contributed by atoms with van der Waals surface area (Å²) in [6.45, 7) is 0. The quantitative estimate of drug-likeness (QED) is 0.559. The van der Waals surface area contributed by atoms with Gasteiger partial charge in [0.05, 0.1) is 11.9 Å². The Morgan fingerprint density at radius 3 is 2.44 bits per heavy atom. The van der Waals surface area contributed by atoms with Crippen molar-refractivity contribution in [1.82, 2.24) is 5.43 Å². The summed E-state index contributed by atoms with van der Waals surface area (Å²) in [4.78, 5) is 14.1. The van der Waals surface area contributed by atoms with Gasteiger partial charge >= 0.3 is 6.03 Å². The van der Waals surface area contributed by atoms with E-state index in [-0.39, 0.29) is 6.03 Å². The van der Waals surface area contributed by atoms with Gasteiger partial charge < -0.3 is 10.2 Å². The van der Waals surface area contributed by atoms with Gasteiger partial charge in [-0.3, -0.25) is 0 Å². The second-order valence-corrected chi connectivity index (χ2v) is 5.84. The Hall–Kier alpha value is -3.34. The molecule has 0 atom stereocenters. The van der Waals surface area contributed by atoms with Crippen LogP contribution in [0.1, 0.15) is 5.56 Å². The van der Waals surface area contributed by atoms with Gasteiger partial charge in [0, 0.05) is 25.2 Å². The van der Waals surface area contributed by atoms with Crippen molar-refractivity contribution in [2.24, 2.45) is 5.10 Å². The Morgan fingerprint density at radius 1 is 0.960 bits per heavy atom. The third kappa shape index (κ3) is 4.14. The molecule has 0 saturated heterocycles. The Balaban J connectivity index is 1.62. The number of carbonyl (C=O) groups excluding carboxylic acids is 1. The lowest BCUT2D eigenvalue weighted by molar-refractivity contribution is 0.252. The number of hydrogen-bond acceptors (Lipinski definition) is 3. The standard InChI is InChI=1S/C20H20N4O/c1-24(2)17-12-10-15(11-13-17)14-21-23-20(25)22-19-9-5-7-16-6-3-4-8-18(16)19/h3-14H,1-2H3,(H2,22,23,25)/b21-14+. The minimum atomic E-state index is -0.377. The van der Waals surface area contributed by atoms with Gasteiger partial charge in [0.15, 0.2) is 0 Å². The summed E-state index contributed by atoms with van der Waals surface area (Å²) < 4.78 is 0. The number of rotatable bonds is 4. The van der Waals surface area contributed by atoms with Gasteiger partial charge in [0.25, 0.3) is 0 Å².